The van der Waals surface area contributed by atoms with Crippen molar-refractivity contribution >= 4 is 11.7 Å². The second-order valence-electron chi connectivity index (χ2n) is 6.53. The molecule has 2 aromatic carbocycles. The topological polar surface area (TPSA) is 81.3 Å². The Morgan fingerprint density at radius 3 is 2.26 bits per heavy atom. The first-order chi connectivity index (χ1) is 14.7. The van der Waals surface area contributed by atoms with Gasteiger partial charge >= 0.3 is 12.1 Å². The summed E-state index contributed by atoms with van der Waals surface area (Å²) in [7, 11) is 0. The summed E-state index contributed by atoms with van der Waals surface area (Å²) in [6.07, 6.45) is -4.37. The molecular weight excluding hydrogens is 415 g/mol. The number of carbonyl (C=O) groups is 1. The van der Waals surface area contributed by atoms with Crippen LogP contribution in [-0.4, -0.2) is 16.8 Å². The Morgan fingerprint density at radius 2 is 1.68 bits per heavy atom. The van der Waals surface area contributed by atoms with E-state index in [1.165, 1.54) is 24.3 Å². The van der Waals surface area contributed by atoms with Crippen molar-refractivity contribution < 1.29 is 37.1 Å². The SMILES string of the molecule is C/C(=N\OCc1ccc(C(F)(F)F)cc1)c1ccc(OCc2ccc(C(=O)O)o2)cc1. The van der Waals surface area contributed by atoms with Gasteiger partial charge in [0.25, 0.3) is 0 Å². The van der Waals surface area contributed by atoms with Crippen LogP contribution in [0.5, 0.6) is 5.75 Å². The molecule has 6 nitrogen and oxygen atoms in total. The van der Waals surface area contributed by atoms with Crippen molar-refractivity contribution in [1.82, 2.24) is 0 Å². The summed E-state index contributed by atoms with van der Waals surface area (Å²) < 4.78 is 48.4. The van der Waals surface area contributed by atoms with Crippen molar-refractivity contribution in [3.63, 3.8) is 0 Å². The van der Waals surface area contributed by atoms with Gasteiger partial charge in [-0.1, -0.05) is 17.3 Å². The van der Waals surface area contributed by atoms with Gasteiger partial charge in [0.15, 0.2) is 0 Å². The molecule has 0 saturated carbocycles. The van der Waals surface area contributed by atoms with E-state index in [2.05, 4.69) is 5.16 Å². The molecule has 0 atom stereocenters. The molecule has 0 aliphatic carbocycles. The Hall–Kier alpha value is -3.75. The average molecular weight is 433 g/mol. The highest BCUT2D eigenvalue weighted by molar-refractivity contribution is 5.98. The van der Waals surface area contributed by atoms with Crippen molar-refractivity contribution in [3.05, 3.63) is 88.9 Å². The van der Waals surface area contributed by atoms with Gasteiger partial charge in [-0.3, -0.25) is 0 Å². The van der Waals surface area contributed by atoms with E-state index in [-0.39, 0.29) is 19.0 Å². The molecule has 0 saturated heterocycles. The summed E-state index contributed by atoms with van der Waals surface area (Å²) >= 11 is 0. The van der Waals surface area contributed by atoms with Crippen LogP contribution in [0.3, 0.4) is 0 Å². The predicted octanol–water partition coefficient (Wildman–Crippen LogP) is 5.52. The van der Waals surface area contributed by atoms with Gasteiger partial charge in [0, 0.05) is 0 Å². The molecule has 9 heteroatoms. The maximum Gasteiger partial charge on any atom is 0.416 e. The number of nitrogens with zero attached hydrogens (tertiary/aromatic N) is 1. The number of hydrogen-bond donors (Lipinski definition) is 1. The van der Waals surface area contributed by atoms with E-state index in [0.29, 0.717) is 22.8 Å². The van der Waals surface area contributed by atoms with Crippen molar-refractivity contribution in [3.8, 4) is 5.75 Å². The van der Waals surface area contributed by atoms with Gasteiger partial charge in [0.1, 0.15) is 24.7 Å². The number of hydrogen-bond acceptors (Lipinski definition) is 5. The molecule has 0 radical (unpaired) electrons. The molecule has 162 valence electrons. The monoisotopic (exact) mass is 433 g/mol. The zero-order valence-corrected chi connectivity index (χ0v) is 16.3. The van der Waals surface area contributed by atoms with Crippen LogP contribution in [0.15, 0.2) is 70.2 Å². The Balaban J connectivity index is 1.51. The highest BCUT2D eigenvalue weighted by Crippen LogP contribution is 2.29. The molecule has 0 unspecified atom stereocenters. The summed E-state index contributed by atoms with van der Waals surface area (Å²) in [5.74, 6) is -0.366. The summed E-state index contributed by atoms with van der Waals surface area (Å²) in [4.78, 5) is 16.0. The summed E-state index contributed by atoms with van der Waals surface area (Å²) in [5.41, 5.74) is 1.20. The zero-order valence-electron chi connectivity index (χ0n) is 16.3. The number of benzene rings is 2. The van der Waals surface area contributed by atoms with Gasteiger partial charge in [-0.15, -0.1) is 0 Å². The third-order valence-corrected chi connectivity index (χ3v) is 4.24. The van der Waals surface area contributed by atoms with Gasteiger partial charge < -0.3 is 19.1 Å². The van der Waals surface area contributed by atoms with Crippen LogP contribution >= 0.6 is 0 Å². The fraction of sp³-hybridized carbons (Fsp3) is 0.182. The van der Waals surface area contributed by atoms with Crippen LogP contribution in [0, 0.1) is 0 Å². The molecule has 31 heavy (non-hydrogen) atoms. The second-order valence-corrected chi connectivity index (χ2v) is 6.53. The van der Waals surface area contributed by atoms with Crippen molar-refractivity contribution in [2.45, 2.75) is 26.3 Å². The first kappa shape index (κ1) is 21.9. The molecule has 0 spiro atoms. The van der Waals surface area contributed by atoms with E-state index in [0.717, 1.165) is 17.7 Å². The number of carboxylic acid groups (broad SMARTS) is 1. The molecular formula is C22H18F3NO5. The fourth-order valence-electron chi connectivity index (χ4n) is 2.56. The Labute approximate surface area is 175 Å². The van der Waals surface area contributed by atoms with Crippen LogP contribution in [0.4, 0.5) is 13.2 Å². The van der Waals surface area contributed by atoms with Crippen LogP contribution in [0.1, 0.15) is 39.9 Å². The smallest absolute Gasteiger partial charge is 0.416 e. The van der Waals surface area contributed by atoms with Crippen LogP contribution < -0.4 is 4.74 Å². The van der Waals surface area contributed by atoms with E-state index < -0.39 is 17.7 Å². The molecule has 0 aliphatic heterocycles. The first-order valence-corrected chi connectivity index (χ1v) is 9.10. The standard InChI is InChI=1S/C22H18F3NO5/c1-14(26-30-12-15-2-6-17(7-3-15)22(23,24)25)16-4-8-18(9-5-16)29-13-19-10-11-20(31-19)21(27)28/h2-11H,12-13H2,1H3,(H,27,28)/b26-14+. The summed E-state index contributed by atoms with van der Waals surface area (Å²) in [6.45, 7) is 1.85. The molecule has 0 amide bonds. The number of furan rings is 1. The normalized spacial score (nSPS) is 11.9. The van der Waals surface area contributed by atoms with Crippen molar-refractivity contribution in [1.29, 1.82) is 0 Å². The molecule has 0 fully saturated rings. The number of alkyl halides is 3. The average Bonchev–Trinajstić information content (AvgIpc) is 3.22. The molecule has 1 heterocycles. The highest BCUT2D eigenvalue weighted by atomic mass is 19.4. The molecule has 3 aromatic rings. The largest absolute Gasteiger partial charge is 0.486 e. The van der Waals surface area contributed by atoms with Gasteiger partial charge in [0.05, 0.1) is 11.3 Å². The molecule has 3 rings (SSSR count). The Kier molecular flexibility index (Phi) is 6.64. The molecule has 0 aliphatic rings. The second kappa shape index (κ2) is 9.38. The number of ether oxygens (including phenoxy) is 1. The van der Waals surface area contributed by atoms with Gasteiger partial charge in [0.2, 0.25) is 5.76 Å². The van der Waals surface area contributed by atoms with Crippen LogP contribution in [-0.2, 0) is 24.2 Å². The fourth-order valence-corrected chi connectivity index (χ4v) is 2.56. The number of halogens is 3. The lowest BCUT2D eigenvalue weighted by Crippen LogP contribution is -2.04. The third kappa shape index (κ3) is 6.11. The predicted molar refractivity (Wildman–Crippen MR) is 105 cm³/mol. The number of aromatic carboxylic acids is 1. The van der Waals surface area contributed by atoms with E-state index in [4.69, 9.17) is 19.1 Å². The van der Waals surface area contributed by atoms with Gasteiger partial charge in [-0.2, -0.15) is 13.2 Å². The van der Waals surface area contributed by atoms with Gasteiger partial charge in [-0.05, 0) is 66.6 Å². The maximum absolute atomic E-state index is 12.6. The van der Waals surface area contributed by atoms with Crippen LogP contribution in [0.25, 0.3) is 0 Å². The minimum atomic E-state index is -4.37. The quantitative estimate of drug-likeness (QED) is 0.374. The minimum absolute atomic E-state index is 0.0398. The number of oxime groups is 1. The first-order valence-electron chi connectivity index (χ1n) is 9.10. The Morgan fingerprint density at radius 1 is 1.00 bits per heavy atom. The zero-order chi connectivity index (χ0) is 22.4. The van der Waals surface area contributed by atoms with E-state index >= 15 is 0 Å². The molecule has 1 N–H and O–H groups in total. The van der Waals surface area contributed by atoms with Crippen LogP contribution in [0.2, 0.25) is 0 Å². The van der Waals surface area contributed by atoms with E-state index in [1.54, 1.807) is 31.2 Å². The molecule has 1 aromatic heterocycles. The summed E-state index contributed by atoms with van der Waals surface area (Å²) in [5, 5.41) is 12.8. The maximum atomic E-state index is 12.6. The lowest BCUT2D eigenvalue weighted by Gasteiger charge is -2.08. The van der Waals surface area contributed by atoms with Crippen molar-refractivity contribution in [2.75, 3.05) is 0 Å². The highest BCUT2D eigenvalue weighted by Gasteiger charge is 2.29. The number of carboxylic acids is 1. The lowest BCUT2D eigenvalue weighted by atomic mass is 10.1. The Bertz CT molecular complexity index is 1050. The van der Waals surface area contributed by atoms with Gasteiger partial charge in [-0.25, -0.2) is 4.79 Å². The van der Waals surface area contributed by atoms with E-state index in [1.807, 2.05) is 0 Å². The summed E-state index contributed by atoms with van der Waals surface area (Å²) in [6, 6.07) is 14.5. The number of rotatable bonds is 8. The van der Waals surface area contributed by atoms with E-state index in [9.17, 15) is 18.0 Å². The minimum Gasteiger partial charge on any atom is -0.486 e. The lowest BCUT2D eigenvalue weighted by molar-refractivity contribution is -0.137. The molecule has 0 bridgehead atoms. The van der Waals surface area contributed by atoms with Crippen molar-refractivity contribution in [2.24, 2.45) is 5.16 Å². The third-order valence-electron chi connectivity index (χ3n) is 4.24.